The molecule has 0 radical (unpaired) electrons. The van der Waals surface area contributed by atoms with Crippen LogP contribution in [-0.4, -0.2) is 98.1 Å². The van der Waals surface area contributed by atoms with E-state index in [4.69, 9.17) is 37.9 Å². The molecule has 1 unspecified atom stereocenters. The lowest BCUT2D eigenvalue weighted by Gasteiger charge is -2.13. The molecule has 0 aliphatic rings. The second-order valence-corrected chi connectivity index (χ2v) is 16.4. The van der Waals surface area contributed by atoms with Crippen molar-refractivity contribution in [3.8, 4) is 11.5 Å². The largest absolute Gasteiger partial charge is 0.460 e. The lowest BCUT2D eigenvalue weighted by atomic mass is 9.98. The number of fused-ring (bicyclic) bond motifs is 2. The SMILES string of the molecule is CC(C(=O)OCC(=O)OCC(=O)OCCOC(=O)COC(=O)COC(=O)CCc1ccc2cc(OC(=O)CCCCCBr)ccc2c1)c1ccc2cc(OC(=O)CCCCCBr)ccc2c1. The number of unbranched alkanes of at least 4 members (excludes halogenated alkanes) is 4. The predicted molar refractivity (Wildman–Crippen MR) is 246 cm³/mol. The van der Waals surface area contributed by atoms with E-state index in [9.17, 15) is 38.4 Å². The molecule has 0 heterocycles. The van der Waals surface area contributed by atoms with Gasteiger partial charge in [0.25, 0.3) is 0 Å². The van der Waals surface area contributed by atoms with Crippen molar-refractivity contribution in [2.24, 2.45) is 0 Å². The Labute approximate surface area is 398 Å². The number of hydrogen-bond donors (Lipinski definition) is 0. The first-order chi connectivity index (χ1) is 31.8. The third kappa shape index (κ3) is 19.7. The zero-order chi connectivity index (χ0) is 47.7. The minimum absolute atomic E-state index is 0.0210. The minimum atomic E-state index is -0.997. The number of aryl methyl sites for hydroxylation is 1. The second-order valence-electron chi connectivity index (χ2n) is 14.8. The van der Waals surface area contributed by atoms with Crippen LogP contribution in [0, 0.1) is 0 Å². The molecule has 4 aromatic rings. The lowest BCUT2D eigenvalue weighted by molar-refractivity contribution is -0.168. The Morgan fingerprint density at radius 1 is 0.439 bits per heavy atom. The highest BCUT2D eigenvalue weighted by Crippen LogP contribution is 2.27. The van der Waals surface area contributed by atoms with Gasteiger partial charge in [-0.25, -0.2) is 19.2 Å². The van der Waals surface area contributed by atoms with E-state index in [1.54, 1.807) is 55.5 Å². The first kappa shape index (κ1) is 52.7. The van der Waals surface area contributed by atoms with Gasteiger partial charge in [0.2, 0.25) is 0 Å². The smallest absolute Gasteiger partial charge is 0.344 e. The minimum Gasteiger partial charge on any atom is -0.460 e. The number of rotatable bonds is 28. The number of alkyl halides is 2. The van der Waals surface area contributed by atoms with Crippen LogP contribution in [0.5, 0.6) is 11.5 Å². The van der Waals surface area contributed by atoms with E-state index in [1.165, 1.54) is 0 Å². The summed E-state index contributed by atoms with van der Waals surface area (Å²) in [5.41, 5.74) is 1.47. The maximum atomic E-state index is 12.7. The van der Waals surface area contributed by atoms with Crippen LogP contribution in [0.4, 0.5) is 0 Å². The molecule has 16 nitrogen and oxygen atoms in total. The monoisotopic (exact) mass is 1040 g/mol. The molecule has 0 saturated heterocycles. The molecule has 0 saturated carbocycles. The zero-order valence-electron chi connectivity index (χ0n) is 36.5. The third-order valence-corrected chi connectivity index (χ3v) is 10.8. The van der Waals surface area contributed by atoms with Gasteiger partial charge < -0.3 is 37.9 Å². The van der Waals surface area contributed by atoms with Crippen molar-refractivity contribution >= 4 is 101 Å². The van der Waals surface area contributed by atoms with Crippen LogP contribution < -0.4 is 9.47 Å². The summed E-state index contributed by atoms with van der Waals surface area (Å²) < 4.78 is 40.1. The highest BCUT2D eigenvalue weighted by molar-refractivity contribution is 9.09. The molecule has 0 amide bonds. The topological polar surface area (TPSA) is 210 Å². The van der Waals surface area contributed by atoms with Crippen LogP contribution in [-0.2, 0) is 73.2 Å². The lowest BCUT2D eigenvalue weighted by Crippen LogP contribution is -2.24. The summed E-state index contributed by atoms with van der Waals surface area (Å²) in [6.45, 7) is -2.24. The normalized spacial score (nSPS) is 11.3. The Kier molecular flexibility index (Phi) is 23.1. The van der Waals surface area contributed by atoms with E-state index in [2.05, 4.69) is 31.9 Å². The van der Waals surface area contributed by atoms with Crippen molar-refractivity contribution in [1.82, 2.24) is 0 Å². The summed E-state index contributed by atoms with van der Waals surface area (Å²) in [4.78, 5) is 97.2. The van der Waals surface area contributed by atoms with E-state index in [0.717, 1.165) is 76.3 Å². The quantitative estimate of drug-likeness (QED) is 0.0175. The molecule has 0 aromatic heterocycles. The first-order valence-corrected chi connectivity index (χ1v) is 23.6. The van der Waals surface area contributed by atoms with Crippen molar-refractivity contribution in [3.05, 3.63) is 83.9 Å². The number of halogens is 2. The summed E-state index contributed by atoms with van der Waals surface area (Å²) in [7, 11) is 0. The van der Waals surface area contributed by atoms with Gasteiger partial charge in [0.1, 0.15) is 24.7 Å². The predicted octanol–water partition coefficient (Wildman–Crippen LogP) is 7.71. The zero-order valence-corrected chi connectivity index (χ0v) is 39.7. The molecule has 18 heteroatoms. The fourth-order valence-electron chi connectivity index (χ4n) is 6.12. The molecule has 0 aliphatic heterocycles. The fourth-order valence-corrected chi connectivity index (χ4v) is 6.91. The summed E-state index contributed by atoms with van der Waals surface area (Å²) in [6, 6.07) is 21.4. The first-order valence-electron chi connectivity index (χ1n) is 21.4. The van der Waals surface area contributed by atoms with Gasteiger partial charge in [-0.1, -0.05) is 93.2 Å². The molecule has 0 spiro atoms. The molecule has 4 rings (SSSR count). The summed E-state index contributed by atoms with van der Waals surface area (Å²) in [6.07, 6.45) is 6.37. The number of carbonyl (C=O) groups is 8. The molecule has 0 aliphatic carbocycles. The summed E-state index contributed by atoms with van der Waals surface area (Å²) in [5.74, 6) is -5.70. The van der Waals surface area contributed by atoms with Crippen LogP contribution in [0.1, 0.15) is 81.8 Å². The van der Waals surface area contributed by atoms with Crippen molar-refractivity contribution in [2.45, 2.75) is 77.0 Å². The van der Waals surface area contributed by atoms with Crippen molar-refractivity contribution in [2.75, 3.05) is 50.3 Å². The molecule has 0 N–H and O–H groups in total. The third-order valence-electron chi connectivity index (χ3n) is 9.67. The summed E-state index contributed by atoms with van der Waals surface area (Å²) in [5, 5.41) is 5.14. The molecule has 4 aromatic carbocycles. The Balaban J connectivity index is 1.02. The van der Waals surface area contributed by atoms with E-state index < -0.39 is 81.4 Å². The van der Waals surface area contributed by atoms with Gasteiger partial charge in [0.15, 0.2) is 26.4 Å². The molecule has 354 valence electrons. The van der Waals surface area contributed by atoms with Gasteiger partial charge in [-0.2, -0.15) is 0 Å². The van der Waals surface area contributed by atoms with Crippen molar-refractivity contribution < 1.29 is 76.3 Å². The average molecular weight is 1040 g/mol. The van der Waals surface area contributed by atoms with Gasteiger partial charge in [-0.05, 0) is 96.0 Å². The molecule has 0 fully saturated rings. The van der Waals surface area contributed by atoms with Gasteiger partial charge in [0, 0.05) is 29.9 Å². The fraction of sp³-hybridized carbons (Fsp3) is 0.417. The number of ether oxygens (including phenoxy) is 8. The Hall–Kier alpha value is -5.88. The van der Waals surface area contributed by atoms with Crippen LogP contribution in [0.2, 0.25) is 0 Å². The number of hydrogen-bond acceptors (Lipinski definition) is 16. The van der Waals surface area contributed by atoms with E-state index in [0.29, 0.717) is 36.3 Å². The second kappa shape index (κ2) is 28.9. The number of carbonyl (C=O) groups excluding carboxylic acids is 8. The molecular weight excluding hydrogens is 992 g/mol. The van der Waals surface area contributed by atoms with Crippen LogP contribution >= 0.6 is 31.9 Å². The Morgan fingerprint density at radius 2 is 0.879 bits per heavy atom. The maximum Gasteiger partial charge on any atom is 0.344 e. The molecule has 0 bridgehead atoms. The summed E-state index contributed by atoms with van der Waals surface area (Å²) >= 11 is 6.74. The van der Waals surface area contributed by atoms with Crippen molar-refractivity contribution in [1.29, 1.82) is 0 Å². The molecular formula is C48H52Br2O16. The van der Waals surface area contributed by atoms with E-state index in [1.807, 2.05) is 24.3 Å². The van der Waals surface area contributed by atoms with Crippen LogP contribution in [0.3, 0.4) is 0 Å². The maximum absolute atomic E-state index is 12.7. The highest BCUT2D eigenvalue weighted by Gasteiger charge is 2.20. The number of benzene rings is 4. The van der Waals surface area contributed by atoms with Crippen LogP contribution in [0.25, 0.3) is 21.5 Å². The van der Waals surface area contributed by atoms with Crippen LogP contribution in [0.15, 0.2) is 72.8 Å². The Morgan fingerprint density at radius 3 is 1.41 bits per heavy atom. The number of esters is 8. The van der Waals surface area contributed by atoms with Crippen molar-refractivity contribution in [3.63, 3.8) is 0 Å². The molecule has 66 heavy (non-hydrogen) atoms. The average Bonchev–Trinajstić information content (AvgIpc) is 3.31. The van der Waals surface area contributed by atoms with Gasteiger partial charge in [-0.15, -0.1) is 0 Å². The molecule has 1 atom stereocenters. The van der Waals surface area contributed by atoms with Gasteiger partial charge >= 0.3 is 47.8 Å². The van der Waals surface area contributed by atoms with E-state index in [-0.39, 0.29) is 18.4 Å². The highest BCUT2D eigenvalue weighted by atomic mass is 79.9. The Bertz CT molecular complexity index is 2310. The van der Waals surface area contributed by atoms with Gasteiger partial charge in [-0.3, -0.25) is 19.2 Å². The standard InChI is InChI=1S/C48H52Br2O16/c1-32(34-13-14-38-27-40(18-16-36(38)25-34)66-43(53)9-5-3-7-21-50)48(58)64-31-47(57)63-29-45(55)60-23-22-59-44(54)28-62-46(56)30-61-41(51)19-11-33-10-12-37-26-39(17-15-35(37)24-33)65-42(52)8-4-2-6-20-49/h10,12-18,24-27,32H,2-9,11,19-23,28-31H2,1H3. The van der Waals surface area contributed by atoms with E-state index >= 15 is 0 Å². The van der Waals surface area contributed by atoms with Gasteiger partial charge in [0.05, 0.1) is 5.92 Å².